The zero-order valence-electron chi connectivity index (χ0n) is 27.9. The van der Waals surface area contributed by atoms with Crippen LogP contribution in [0.15, 0.2) is 91.0 Å². The van der Waals surface area contributed by atoms with Crippen molar-refractivity contribution in [3.8, 4) is 0 Å². The molecule has 0 aliphatic heterocycles. The maximum atomic E-state index is 13.8. The summed E-state index contributed by atoms with van der Waals surface area (Å²) in [4.78, 5) is 39.4. The van der Waals surface area contributed by atoms with Crippen LogP contribution in [0.1, 0.15) is 51.3 Å². The van der Waals surface area contributed by atoms with Crippen LogP contribution >= 0.6 is 0 Å². The lowest BCUT2D eigenvalue weighted by Gasteiger charge is -2.36. The maximum absolute atomic E-state index is 13.8. The van der Waals surface area contributed by atoms with E-state index < -0.39 is 60.4 Å². The summed E-state index contributed by atoms with van der Waals surface area (Å²) in [6.45, 7) is 8.38. The topological polar surface area (TPSA) is 146 Å². The highest BCUT2D eigenvalue weighted by Crippen LogP contribution is 2.21. The molecule has 10 heteroatoms. The van der Waals surface area contributed by atoms with Crippen molar-refractivity contribution in [1.29, 1.82) is 0 Å². The molecular formula is C37H49N3O7. The van der Waals surface area contributed by atoms with Crippen LogP contribution in [0.5, 0.6) is 0 Å². The van der Waals surface area contributed by atoms with Gasteiger partial charge in [-0.3, -0.25) is 4.79 Å². The van der Waals surface area contributed by atoms with Gasteiger partial charge in [0, 0.05) is 12.0 Å². The highest BCUT2D eigenvalue weighted by Gasteiger charge is 2.37. The molecule has 10 nitrogen and oxygen atoms in total. The van der Waals surface area contributed by atoms with Crippen LogP contribution in [0.2, 0.25) is 0 Å². The van der Waals surface area contributed by atoms with Gasteiger partial charge in [-0.1, -0.05) is 105 Å². The van der Waals surface area contributed by atoms with Gasteiger partial charge in [-0.25, -0.2) is 9.59 Å². The summed E-state index contributed by atoms with van der Waals surface area (Å²) in [7, 11) is 0. The third-order valence-electron chi connectivity index (χ3n) is 7.64. The van der Waals surface area contributed by atoms with Crippen LogP contribution < -0.4 is 16.0 Å². The van der Waals surface area contributed by atoms with Crippen LogP contribution in [0.25, 0.3) is 0 Å². The van der Waals surface area contributed by atoms with Crippen molar-refractivity contribution >= 4 is 18.1 Å². The number of carbonyl (C=O) groups is 3. The van der Waals surface area contributed by atoms with Crippen molar-refractivity contribution in [2.24, 2.45) is 11.8 Å². The molecule has 0 aliphatic carbocycles. The van der Waals surface area contributed by atoms with Gasteiger partial charge in [-0.15, -0.1) is 0 Å². The molecular weight excluding hydrogens is 598 g/mol. The number of aliphatic hydroxyl groups is 2. The zero-order valence-corrected chi connectivity index (χ0v) is 27.9. The van der Waals surface area contributed by atoms with E-state index in [1.54, 1.807) is 34.6 Å². The van der Waals surface area contributed by atoms with Gasteiger partial charge < -0.3 is 35.6 Å². The van der Waals surface area contributed by atoms with E-state index in [-0.39, 0.29) is 25.4 Å². The number of amides is 3. The molecule has 47 heavy (non-hydrogen) atoms. The zero-order chi connectivity index (χ0) is 34.4. The largest absolute Gasteiger partial charge is 0.445 e. The van der Waals surface area contributed by atoms with E-state index in [0.29, 0.717) is 0 Å². The highest BCUT2D eigenvalue weighted by molar-refractivity contribution is 5.86. The fourth-order valence-electron chi connectivity index (χ4n) is 5.23. The lowest BCUT2D eigenvalue weighted by molar-refractivity contribution is -0.126. The number of hydrogen-bond donors (Lipinski definition) is 5. The standard InChI is InChI=1S/C37H49N3O7/c1-25(2)32(40-35(44)46-24-28-19-13-8-14-20-28)34(43)38-31(22-27-17-11-7-12-18-27)33(42)29(23-41)30(21-26-15-9-6-10-16-26)39-36(45)47-37(3,4)5/h6-20,25,29-33,41-42H,21-24H2,1-5H3,(H,38,43)(H,39,45)(H,40,44). The number of hydrogen-bond acceptors (Lipinski definition) is 7. The Bertz CT molecular complexity index is 1380. The molecule has 0 saturated carbocycles. The predicted molar refractivity (Wildman–Crippen MR) is 180 cm³/mol. The Kier molecular flexibility index (Phi) is 14.2. The number of benzene rings is 3. The van der Waals surface area contributed by atoms with Crippen molar-refractivity contribution in [3.63, 3.8) is 0 Å². The van der Waals surface area contributed by atoms with E-state index in [9.17, 15) is 24.6 Å². The van der Waals surface area contributed by atoms with Gasteiger partial charge in [-0.05, 0) is 56.2 Å². The number of ether oxygens (including phenoxy) is 2. The van der Waals surface area contributed by atoms with Gasteiger partial charge in [0.2, 0.25) is 5.91 Å². The third kappa shape index (κ3) is 12.7. The van der Waals surface area contributed by atoms with Gasteiger partial charge in [0.15, 0.2) is 0 Å². The predicted octanol–water partition coefficient (Wildman–Crippen LogP) is 4.77. The van der Waals surface area contributed by atoms with E-state index in [1.807, 2.05) is 91.0 Å². The number of nitrogens with one attached hydrogen (secondary N) is 3. The fourth-order valence-corrected chi connectivity index (χ4v) is 5.23. The smallest absolute Gasteiger partial charge is 0.408 e. The third-order valence-corrected chi connectivity index (χ3v) is 7.64. The molecule has 3 rings (SSSR count). The van der Waals surface area contributed by atoms with Crippen LogP contribution in [0.3, 0.4) is 0 Å². The van der Waals surface area contributed by atoms with Gasteiger partial charge in [0.1, 0.15) is 18.2 Å². The number of alkyl carbamates (subject to hydrolysis) is 2. The second kappa shape index (κ2) is 18.1. The Morgan fingerprint density at radius 3 is 1.66 bits per heavy atom. The quantitative estimate of drug-likeness (QED) is 0.160. The van der Waals surface area contributed by atoms with Crippen LogP contribution in [-0.2, 0) is 33.7 Å². The Labute approximate surface area is 277 Å². The van der Waals surface area contributed by atoms with Gasteiger partial charge >= 0.3 is 12.2 Å². The summed E-state index contributed by atoms with van der Waals surface area (Å²) < 4.78 is 10.9. The lowest BCUT2D eigenvalue weighted by Crippen LogP contribution is -2.59. The first-order valence-electron chi connectivity index (χ1n) is 16.0. The van der Waals surface area contributed by atoms with Crippen molar-refractivity contribution in [1.82, 2.24) is 16.0 Å². The fraction of sp³-hybridized carbons (Fsp3) is 0.432. The van der Waals surface area contributed by atoms with Crippen molar-refractivity contribution in [3.05, 3.63) is 108 Å². The molecule has 0 aliphatic rings. The van der Waals surface area contributed by atoms with Crippen LogP contribution in [0.4, 0.5) is 9.59 Å². The molecule has 0 heterocycles. The Hall–Kier alpha value is -4.41. The normalized spacial score (nSPS) is 14.6. The molecule has 0 saturated heterocycles. The van der Waals surface area contributed by atoms with Crippen molar-refractivity contribution < 1.29 is 34.1 Å². The minimum absolute atomic E-state index is 0.0418. The van der Waals surface area contributed by atoms with Gasteiger partial charge in [0.25, 0.3) is 0 Å². The number of rotatable bonds is 15. The summed E-state index contributed by atoms with van der Waals surface area (Å²) in [6, 6.07) is 25.3. The van der Waals surface area contributed by atoms with Crippen LogP contribution in [-0.4, -0.2) is 64.7 Å². The molecule has 0 bridgehead atoms. The first kappa shape index (κ1) is 37.1. The molecule has 3 aromatic rings. The molecule has 0 aromatic heterocycles. The lowest BCUT2D eigenvalue weighted by atomic mass is 9.84. The maximum Gasteiger partial charge on any atom is 0.408 e. The van der Waals surface area contributed by atoms with Crippen molar-refractivity contribution in [2.75, 3.05) is 6.61 Å². The molecule has 0 spiro atoms. The van der Waals surface area contributed by atoms with E-state index in [1.165, 1.54) is 0 Å². The second-order valence-electron chi connectivity index (χ2n) is 13.0. The molecule has 0 fully saturated rings. The Morgan fingerprint density at radius 1 is 0.702 bits per heavy atom. The summed E-state index contributed by atoms with van der Waals surface area (Å²) in [5.41, 5.74) is 1.75. The molecule has 5 N–H and O–H groups in total. The van der Waals surface area contributed by atoms with Gasteiger partial charge in [0.05, 0.1) is 18.8 Å². The first-order chi connectivity index (χ1) is 22.4. The minimum atomic E-state index is -1.31. The summed E-state index contributed by atoms with van der Waals surface area (Å²) in [5.74, 6) is -1.74. The average molecular weight is 648 g/mol. The SMILES string of the molecule is CC(C)C(NC(=O)OCc1ccccc1)C(=O)NC(Cc1ccccc1)C(O)C(CO)C(Cc1ccccc1)NC(=O)OC(C)(C)C. The molecule has 3 amide bonds. The summed E-state index contributed by atoms with van der Waals surface area (Å²) in [6.07, 6.45) is -2.24. The molecule has 5 atom stereocenters. The molecule has 254 valence electrons. The number of aliphatic hydroxyl groups excluding tert-OH is 2. The second-order valence-corrected chi connectivity index (χ2v) is 13.0. The highest BCUT2D eigenvalue weighted by atomic mass is 16.6. The van der Waals surface area contributed by atoms with E-state index in [0.717, 1.165) is 16.7 Å². The molecule has 3 aromatic carbocycles. The Balaban J connectivity index is 1.85. The van der Waals surface area contributed by atoms with Crippen LogP contribution in [0, 0.1) is 11.8 Å². The minimum Gasteiger partial charge on any atom is -0.445 e. The van der Waals surface area contributed by atoms with E-state index in [4.69, 9.17) is 9.47 Å². The molecule has 0 radical (unpaired) electrons. The average Bonchev–Trinajstić information content (AvgIpc) is 3.03. The number of carbonyl (C=O) groups excluding carboxylic acids is 3. The van der Waals surface area contributed by atoms with E-state index >= 15 is 0 Å². The first-order valence-corrected chi connectivity index (χ1v) is 16.0. The summed E-state index contributed by atoms with van der Waals surface area (Å²) in [5, 5.41) is 31.0. The van der Waals surface area contributed by atoms with E-state index in [2.05, 4.69) is 16.0 Å². The monoisotopic (exact) mass is 647 g/mol. The van der Waals surface area contributed by atoms with Crippen molar-refractivity contribution in [2.45, 2.75) is 83.9 Å². The molecule has 5 unspecified atom stereocenters. The summed E-state index contributed by atoms with van der Waals surface area (Å²) >= 11 is 0. The van der Waals surface area contributed by atoms with Gasteiger partial charge in [-0.2, -0.15) is 0 Å². The Morgan fingerprint density at radius 2 is 1.19 bits per heavy atom.